The summed E-state index contributed by atoms with van der Waals surface area (Å²) >= 11 is 0. The Morgan fingerprint density at radius 3 is 2.61 bits per heavy atom. The highest BCUT2D eigenvalue weighted by atomic mass is 16.6. The zero-order valence-corrected chi connectivity index (χ0v) is 23.5. The van der Waals surface area contributed by atoms with E-state index in [0.717, 1.165) is 45.7 Å². The molecule has 0 radical (unpaired) electrons. The third kappa shape index (κ3) is 5.69. The second-order valence-electron chi connectivity index (χ2n) is 11.0. The zero-order valence-electron chi connectivity index (χ0n) is 23.5. The molecule has 0 spiro atoms. The van der Waals surface area contributed by atoms with Crippen LogP contribution in [0, 0.1) is 6.92 Å². The molecule has 6 rings (SSSR count). The monoisotopic (exact) mass is 552 g/mol. The molecule has 4 aromatic heterocycles. The number of hydrogen-bond acceptors (Lipinski definition) is 8. The fourth-order valence-electron chi connectivity index (χ4n) is 4.89. The van der Waals surface area contributed by atoms with Crippen molar-refractivity contribution >= 4 is 34.3 Å². The first kappa shape index (κ1) is 26.3. The standard InChI is InChI=1S/C30H32N8O3/c1-20-16-22(7-8-25(20)40-23-10-14-37-26(17-23)31-18-33-37)35-28-27-24(11-15-38(27)34-19-32-28)21-6-5-12-36(13-9-21)29(39)41-30(2,3)4/h6-8,10-11,14-19H,5,9,12-13H2,1-4H3,(H,32,34,35). The van der Waals surface area contributed by atoms with Gasteiger partial charge in [-0.1, -0.05) is 6.08 Å². The minimum atomic E-state index is -0.523. The molecule has 1 aromatic carbocycles. The van der Waals surface area contributed by atoms with Crippen LogP contribution in [-0.4, -0.2) is 58.9 Å². The van der Waals surface area contributed by atoms with Crippen LogP contribution in [0.25, 0.3) is 16.7 Å². The number of aromatic nitrogens is 6. The van der Waals surface area contributed by atoms with E-state index in [9.17, 15) is 4.79 Å². The van der Waals surface area contributed by atoms with E-state index in [2.05, 4.69) is 37.6 Å². The van der Waals surface area contributed by atoms with E-state index in [4.69, 9.17) is 9.47 Å². The van der Waals surface area contributed by atoms with Gasteiger partial charge in [0.15, 0.2) is 11.5 Å². The van der Waals surface area contributed by atoms with Crippen LogP contribution >= 0.6 is 0 Å². The number of aryl methyl sites for hydroxylation is 1. The first-order valence-electron chi connectivity index (χ1n) is 13.6. The molecule has 1 N–H and O–H groups in total. The van der Waals surface area contributed by atoms with Crippen LogP contribution in [0.5, 0.6) is 11.5 Å². The molecule has 0 aliphatic carbocycles. The predicted molar refractivity (Wildman–Crippen MR) is 156 cm³/mol. The van der Waals surface area contributed by atoms with Crippen LogP contribution in [0.15, 0.2) is 67.5 Å². The second-order valence-corrected chi connectivity index (χ2v) is 11.0. The molecule has 0 fully saturated rings. The van der Waals surface area contributed by atoms with Crippen molar-refractivity contribution in [1.29, 1.82) is 0 Å². The van der Waals surface area contributed by atoms with Gasteiger partial charge < -0.3 is 19.7 Å². The quantitative estimate of drug-likeness (QED) is 0.281. The Morgan fingerprint density at radius 2 is 1.78 bits per heavy atom. The average Bonchev–Trinajstić information content (AvgIpc) is 3.50. The molecule has 0 saturated carbocycles. The van der Waals surface area contributed by atoms with Crippen molar-refractivity contribution in [2.24, 2.45) is 0 Å². The van der Waals surface area contributed by atoms with Crippen LogP contribution in [0.3, 0.4) is 0 Å². The number of nitrogens with zero attached hydrogens (tertiary/aromatic N) is 7. The summed E-state index contributed by atoms with van der Waals surface area (Å²) in [5.41, 5.74) is 5.11. The highest BCUT2D eigenvalue weighted by Gasteiger charge is 2.24. The maximum Gasteiger partial charge on any atom is 0.410 e. The number of benzene rings is 1. The highest BCUT2D eigenvalue weighted by Crippen LogP contribution is 2.33. The van der Waals surface area contributed by atoms with Crippen LogP contribution < -0.4 is 10.1 Å². The van der Waals surface area contributed by atoms with E-state index in [1.165, 1.54) is 12.7 Å². The van der Waals surface area contributed by atoms with Crippen LogP contribution in [0.4, 0.5) is 16.3 Å². The number of anilines is 2. The largest absolute Gasteiger partial charge is 0.457 e. The molecule has 0 atom stereocenters. The number of amides is 1. The zero-order chi connectivity index (χ0) is 28.6. The Kier molecular flexibility index (Phi) is 6.78. The molecule has 210 valence electrons. The molecule has 11 heteroatoms. The number of rotatable bonds is 5. The van der Waals surface area contributed by atoms with Crippen LogP contribution in [-0.2, 0) is 4.74 Å². The number of ether oxygens (including phenoxy) is 2. The summed E-state index contributed by atoms with van der Waals surface area (Å²) in [6, 6.07) is 11.7. The van der Waals surface area contributed by atoms with Gasteiger partial charge in [0.25, 0.3) is 0 Å². The van der Waals surface area contributed by atoms with Gasteiger partial charge in [-0.3, -0.25) is 0 Å². The lowest BCUT2D eigenvalue weighted by Crippen LogP contribution is -2.37. The van der Waals surface area contributed by atoms with Gasteiger partial charge in [-0.05, 0) is 82.0 Å². The first-order valence-corrected chi connectivity index (χ1v) is 13.6. The molecule has 0 bridgehead atoms. The van der Waals surface area contributed by atoms with Crippen LogP contribution in [0.2, 0.25) is 0 Å². The summed E-state index contributed by atoms with van der Waals surface area (Å²) in [6.07, 6.45) is 10.2. The third-order valence-electron chi connectivity index (χ3n) is 6.81. The topological polar surface area (TPSA) is 111 Å². The van der Waals surface area contributed by atoms with Gasteiger partial charge >= 0.3 is 6.09 Å². The molecule has 5 aromatic rings. The van der Waals surface area contributed by atoms with E-state index >= 15 is 0 Å². The molecule has 41 heavy (non-hydrogen) atoms. The number of hydrogen-bond donors (Lipinski definition) is 1. The predicted octanol–water partition coefficient (Wildman–Crippen LogP) is 6.03. The normalized spacial score (nSPS) is 14.1. The van der Waals surface area contributed by atoms with Crippen molar-refractivity contribution in [3.8, 4) is 11.5 Å². The van der Waals surface area contributed by atoms with E-state index in [1.54, 1.807) is 9.42 Å². The molecule has 5 heterocycles. The minimum absolute atomic E-state index is 0.276. The van der Waals surface area contributed by atoms with Crippen LogP contribution in [0.1, 0.15) is 44.7 Å². The maximum absolute atomic E-state index is 12.7. The third-order valence-corrected chi connectivity index (χ3v) is 6.81. The van der Waals surface area contributed by atoms with Gasteiger partial charge in [0.1, 0.15) is 35.3 Å². The Bertz CT molecular complexity index is 1760. The molecule has 1 aliphatic rings. The fourth-order valence-corrected chi connectivity index (χ4v) is 4.89. The number of pyridine rings is 1. The first-order chi connectivity index (χ1) is 19.7. The average molecular weight is 553 g/mol. The summed E-state index contributed by atoms with van der Waals surface area (Å²) in [4.78, 5) is 23.2. The van der Waals surface area contributed by atoms with Gasteiger partial charge in [0, 0.05) is 42.8 Å². The number of nitrogens with one attached hydrogen (secondary N) is 1. The summed E-state index contributed by atoms with van der Waals surface area (Å²) in [5.74, 6) is 2.12. The van der Waals surface area contributed by atoms with E-state index < -0.39 is 5.60 Å². The maximum atomic E-state index is 12.7. The van der Waals surface area contributed by atoms with Crippen molar-refractivity contribution in [3.05, 3.63) is 78.6 Å². The van der Waals surface area contributed by atoms with Crippen molar-refractivity contribution in [2.45, 2.75) is 46.1 Å². The Morgan fingerprint density at radius 1 is 0.976 bits per heavy atom. The van der Waals surface area contributed by atoms with Crippen molar-refractivity contribution in [2.75, 3.05) is 18.4 Å². The molecular formula is C30H32N8O3. The summed E-state index contributed by atoms with van der Waals surface area (Å²) < 4.78 is 15.2. The molecule has 0 unspecified atom stereocenters. The molecule has 1 amide bonds. The number of carbonyl (C=O) groups is 1. The summed E-state index contributed by atoms with van der Waals surface area (Å²) in [6.45, 7) is 8.86. The lowest BCUT2D eigenvalue weighted by Gasteiger charge is -2.26. The Labute approximate surface area is 237 Å². The minimum Gasteiger partial charge on any atom is -0.457 e. The van der Waals surface area contributed by atoms with Gasteiger partial charge in [-0.25, -0.2) is 23.8 Å². The molecule has 0 saturated heterocycles. The Balaban J connectivity index is 1.21. The van der Waals surface area contributed by atoms with Crippen molar-refractivity contribution < 1.29 is 14.3 Å². The van der Waals surface area contributed by atoms with E-state index in [-0.39, 0.29) is 6.09 Å². The van der Waals surface area contributed by atoms with E-state index in [0.29, 0.717) is 31.1 Å². The lowest BCUT2D eigenvalue weighted by molar-refractivity contribution is 0.0260. The number of carbonyl (C=O) groups excluding carboxylic acids is 1. The lowest BCUT2D eigenvalue weighted by atomic mass is 10.0. The summed E-state index contributed by atoms with van der Waals surface area (Å²) in [5, 5.41) is 12.0. The SMILES string of the molecule is Cc1cc(Nc2ncnn3ccc(C4=CCCN(C(=O)OC(C)(C)C)CC4)c23)ccc1Oc1ccn2ncnc2c1. The smallest absolute Gasteiger partial charge is 0.410 e. The number of fused-ring (bicyclic) bond motifs is 2. The van der Waals surface area contributed by atoms with Gasteiger partial charge in [0.05, 0.1) is 0 Å². The van der Waals surface area contributed by atoms with Crippen molar-refractivity contribution in [1.82, 2.24) is 34.1 Å². The molecule has 1 aliphatic heterocycles. The van der Waals surface area contributed by atoms with Gasteiger partial charge in [0.2, 0.25) is 0 Å². The van der Waals surface area contributed by atoms with Gasteiger partial charge in [-0.15, -0.1) is 0 Å². The molecule has 11 nitrogen and oxygen atoms in total. The van der Waals surface area contributed by atoms with Gasteiger partial charge in [-0.2, -0.15) is 10.2 Å². The molecular weight excluding hydrogens is 520 g/mol. The summed E-state index contributed by atoms with van der Waals surface area (Å²) in [7, 11) is 0. The Hall–Kier alpha value is -4.93. The van der Waals surface area contributed by atoms with Crippen molar-refractivity contribution in [3.63, 3.8) is 0 Å². The second kappa shape index (κ2) is 10.6. The van der Waals surface area contributed by atoms with E-state index in [1.807, 2.05) is 74.9 Å². The fraction of sp³-hybridized carbons (Fsp3) is 0.300. The highest BCUT2D eigenvalue weighted by molar-refractivity contribution is 5.87.